The summed E-state index contributed by atoms with van der Waals surface area (Å²) in [5.41, 5.74) is 2.90. The van der Waals surface area contributed by atoms with Gasteiger partial charge in [0.25, 0.3) is 5.91 Å². The topological polar surface area (TPSA) is 66.4 Å². The second-order valence-corrected chi connectivity index (χ2v) is 7.59. The molecule has 4 rings (SSSR count). The molecule has 0 aliphatic carbocycles. The van der Waals surface area contributed by atoms with E-state index in [0.717, 1.165) is 19.4 Å². The van der Waals surface area contributed by atoms with Gasteiger partial charge in [-0.1, -0.05) is 30.3 Å². The number of likely N-dealkylation sites (tertiary alicyclic amines) is 1. The third-order valence-electron chi connectivity index (χ3n) is 5.51. The maximum absolute atomic E-state index is 12.8. The van der Waals surface area contributed by atoms with Crippen molar-refractivity contribution in [2.45, 2.75) is 18.9 Å². The van der Waals surface area contributed by atoms with Crippen molar-refractivity contribution in [1.29, 1.82) is 0 Å². The molecule has 0 unspecified atom stereocenters. The monoisotopic (exact) mass is 402 g/mol. The van der Waals surface area contributed by atoms with Crippen molar-refractivity contribution in [1.82, 2.24) is 9.47 Å². The summed E-state index contributed by atoms with van der Waals surface area (Å²) in [5.74, 6) is -0.365. The molecule has 6 heteroatoms. The van der Waals surface area contributed by atoms with Gasteiger partial charge in [0, 0.05) is 24.6 Å². The molecular formula is C24H26N4O2. The van der Waals surface area contributed by atoms with Crippen molar-refractivity contribution >= 4 is 23.2 Å². The Morgan fingerprint density at radius 2 is 1.73 bits per heavy atom. The van der Waals surface area contributed by atoms with Gasteiger partial charge in [0.05, 0.1) is 23.8 Å². The molecule has 1 aromatic heterocycles. The van der Waals surface area contributed by atoms with E-state index in [0.29, 0.717) is 23.5 Å². The molecule has 0 saturated carbocycles. The summed E-state index contributed by atoms with van der Waals surface area (Å²) in [4.78, 5) is 27.7. The second kappa shape index (κ2) is 8.97. The maximum atomic E-state index is 12.8. The van der Waals surface area contributed by atoms with Gasteiger partial charge in [-0.2, -0.15) is 0 Å². The SMILES string of the molecule is Cn1cccc1[C@@H]1CCCN1CC(=O)Nc1ccccc1C(=O)Nc1ccccc1. The van der Waals surface area contributed by atoms with Crippen molar-refractivity contribution in [3.05, 3.63) is 84.2 Å². The minimum Gasteiger partial charge on any atom is -0.353 e. The number of hydrogen-bond acceptors (Lipinski definition) is 3. The number of nitrogens with one attached hydrogen (secondary N) is 2. The molecular weight excluding hydrogens is 376 g/mol. The minimum atomic E-state index is -0.250. The minimum absolute atomic E-state index is 0.115. The highest BCUT2D eigenvalue weighted by Crippen LogP contribution is 2.31. The zero-order valence-electron chi connectivity index (χ0n) is 17.0. The molecule has 1 saturated heterocycles. The number of hydrogen-bond donors (Lipinski definition) is 2. The van der Waals surface area contributed by atoms with Crippen LogP contribution in [0.2, 0.25) is 0 Å². The van der Waals surface area contributed by atoms with E-state index in [2.05, 4.69) is 26.2 Å². The normalized spacial score (nSPS) is 16.4. The van der Waals surface area contributed by atoms with Crippen LogP contribution in [0.15, 0.2) is 72.9 Å². The lowest BCUT2D eigenvalue weighted by molar-refractivity contribution is -0.117. The molecule has 2 amide bonds. The fourth-order valence-electron chi connectivity index (χ4n) is 4.06. The molecule has 1 aliphatic rings. The average Bonchev–Trinajstić information content (AvgIpc) is 3.37. The van der Waals surface area contributed by atoms with Crippen molar-refractivity contribution < 1.29 is 9.59 Å². The first-order valence-corrected chi connectivity index (χ1v) is 10.2. The van der Waals surface area contributed by atoms with Crippen LogP contribution in [0.1, 0.15) is 34.9 Å². The first kappa shape index (κ1) is 19.9. The number of nitrogens with zero attached hydrogens (tertiary/aromatic N) is 2. The quantitative estimate of drug-likeness (QED) is 0.654. The Morgan fingerprint density at radius 3 is 2.50 bits per heavy atom. The summed E-state index contributed by atoms with van der Waals surface area (Å²) in [6, 6.07) is 20.8. The van der Waals surface area contributed by atoms with Crippen LogP contribution in [0.5, 0.6) is 0 Å². The molecule has 1 aliphatic heterocycles. The van der Waals surface area contributed by atoms with Crippen LogP contribution < -0.4 is 10.6 Å². The number of rotatable bonds is 6. The summed E-state index contributed by atoms with van der Waals surface area (Å²) in [6.45, 7) is 1.18. The molecule has 0 bridgehead atoms. The van der Waals surface area contributed by atoms with Crippen molar-refractivity contribution in [3.8, 4) is 0 Å². The predicted molar refractivity (Wildman–Crippen MR) is 118 cm³/mol. The maximum Gasteiger partial charge on any atom is 0.257 e. The number of carbonyl (C=O) groups excluding carboxylic acids is 2. The molecule has 154 valence electrons. The van der Waals surface area contributed by atoms with Gasteiger partial charge in [0.15, 0.2) is 0 Å². The number of aryl methyl sites for hydroxylation is 1. The summed E-state index contributed by atoms with van der Waals surface area (Å²) >= 11 is 0. The van der Waals surface area contributed by atoms with E-state index in [1.165, 1.54) is 5.69 Å². The highest BCUT2D eigenvalue weighted by molar-refractivity contribution is 6.10. The molecule has 3 aromatic rings. The number of aromatic nitrogens is 1. The number of anilines is 2. The molecule has 1 atom stereocenters. The molecule has 30 heavy (non-hydrogen) atoms. The number of para-hydroxylation sites is 2. The number of amides is 2. The molecule has 2 N–H and O–H groups in total. The zero-order valence-corrected chi connectivity index (χ0v) is 17.0. The first-order chi connectivity index (χ1) is 14.6. The van der Waals surface area contributed by atoms with Crippen LogP contribution in [-0.4, -0.2) is 34.4 Å². The Bertz CT molecular complexity index is 1030. The van der Waals surface area contributed by atoms with Crippen LogP contribution in [0.3, 0.4) is 0 Å². The van der Waals surface area contributed by atoms with E-state index >= 15 is 0 Å². The lowest BCUT2D eigenvalue weighted by atomic mass is 10.1. The summed E-state index contributed by atoms with van der Waals surface area (Å²) in [7, 11) is 2.04. The van der Waals surface area contributed by atoms with Crippen LogP contribution in [0.4, 0.5) is 11.4 Å². The summed E-state index contributed by atoms with van der Waals surface area (Å²) < 4.78 is 2.12. The second-order valence-electron chi connectivity index (χ2n) is 7.59. The highest BCUT2D eigenvalue weighted by Gasteiger charge is 2.29. The fourth-order valence-corrected chi connectivity index (χ4v) is 4.06. The van der Waals surface area contributed by atoms with Gasteiger partial charge < -0.3 is 15.2 Å². The average molecular weight is 402 g/mol. The Hall–Kier alpha value is -3.38. The van der Waals surface area contributed by atoms with Gasteiger partial charge in [-0.05, 0) is 55.8 Å². The molecule has 2 heterocycles. The Labute approximate surface area is 176 Å². The lowest BCUT2D eigenvalue weighted by Crippen LogP contribution is -2.34. The van der Waals surface area contributed by atoms with Crippen LogP contribution in [0, 0.1) is 0 Å². The molecule has 0 spiro atoms. The van der Waals surface area contributed by atoms with Crippen LogP contribution >= 0.6 is 0 Å². The fraction of sp³-hybridized carbons (Fsp3) is 0.250. The van der Waals surface area contributed by atoms with E-state index in [4.69, 9.17) is 0 Å². The van der Waals surface area contributed by atoms with Gasteiger partial charge in [0.2, 0.25) is 5.91 Å². The predicted octanol–water partition coefficient (Wildman–Crippen LogP) is 4.05. The largest absolute Gasteiger partial charge is 0.353 e. The Kier molecular flexibility index (Phi) is 5.95. The van der Waals surface area contributed by atoms with E-state index in [-0.39, 0.29) is 17.9 Å². The standard InChI is InChI=1S/C24H26N4O2/c1-27-15-7-13-21(27)22-14-8-16-28(22)17-23(29)26-20-12-6-5-11-19(20)24(30)25-18-9-3-2-4-10-18/h2-7,9-13,15,22H,8,14,16-17H2,1H3,(H,25,30)(H,26,29)/t22-/m0/s1. The van der Waals surface area contributed by atoms with Crippen LogP contribution in [0.25, 0.3) is 0 Å². The number of benzene rings is 2. The van der Waals surface area contributed by atoms with Crippen molar-refractivity contribution in [2.75, 3.05) is 23.7 Å². The number of carbonyl (C=O) groups is 2. The van der Waals surface area contributed by atoms with E-state index < -0.39 is 0 Å². The van der Waals surface area contributed by atoms with Crippen molar-refractivity contribution in [2.24, 2.45) is 7.05 Å². The van der Waals surface area contributed by atoms with E-state index in [1.54, 1.807) is 18.2 Å². The van der Waals surface area contributed by atoms with Gasteiger partial charge in [-0.25, -0.2) is 0 Å². The van der Waals surface area contributed by atoms with E-state index in [1.807, 2.05) is 55.7 Å². The van der Waals surface area contributed by atoms with Crippen LogP contribution in [-0.2, 0) is 11.8 Å². The third kappa shape index (κ3) is 4.44. The zero-order chi connectivity index (χ0) is 20.9. The van der Waals surface area contributed by atoms with Gasteiger partial charge in [0.1, 0.15) is 0 Å². The van der Waals surface area contributed by atoms with Crippen molar-refractivity contribution in [3.63, 3.8) is 0 Å². The first-order valence-electron chi connectivity index (χ1n) is 10.2. The molecule has 1 fully saturated rings. The summed E-state index contributed by atoms with van der Waals surface area (Å²) in [5, 5.41) is 5.81. The molecule has 0 radical (unpaired) electrons. The molecule has 2 aromatic carbocycles. The van der Waals surface area contributed by atoms with E-state index in [9.17, 15) is 9.59 Å². The highest BCUT2D eigenvalue weighted by atomic mass is 16.2. The third-order valence-corrected chi connectivity index (χ3v) is 5.51. The van der Waals surface area contributed by atoms with Gasteiger partial charge in [-0.3, -0.25) is 14.5 Å². The summed E-state index contributed by atoms with van der Waals surface area (Å²) in [6.07, 6.45) is 4.15. The van der Waals surface area contributed by atoms with Gasteiger partial charge >= 0.3 is 0 Å². The Morgan fingerprint density at radius 1 is 0.967 bits per heavy atom. The Balaban J connectivity index is 1.44. The smallest absolute Gasteiger partial charge is 0.257 e. The van der Waals surface area contributed by atoms with Gasteiger partial charge in [-0.15, -0.1) is 0 Å². The lowest BCUT2D eigenvalue weighted by Gasteiger charge is -2.24. The molecule has 6 nitrogen and oxygen atoms in total.